The van der Waals surface area contributed by atoms with E-state index in [2.05, 4.69) is 42.9 Å². The first kappa shape index (κ1) is 14.5. The minimum Gasteiger partial charge on any atom is -0.444 e. The molecule has 1 N–H and O–H groups in total. The minimum atomic E-state index is 0.539. The van der Waals surface area contributed by atoms with Crippen LogP contribution < -0.4 is 5.32 Å². The van der Waals surface area contributed by atoms with Crippen molar-refractivity contribution >= 4 is 0 Å². The van der Waals surface area contributed by atoms with Crippen LogP contribution in [0.2, 0.25) is 0 Å². The Morgan fingerprint density at radius 2 is 2.32 bits per heavy atom. The molecule has 4 heteroatoms. The van der Waals surface area contributed by atoms with E-state index in [9.17, 15) is 0 Å². The molecule has 1 aromatic rings. The minimum absolute atomic E-state index is 0.539. The molecule has 2 heterocycles. The maximum Gasteiger partial charge on any atom is 0.208 e. The second-order valence-corrected chi connectivity index (χ2v) is 5.75. The molecule has 2 rings (SSSR count). The second kappa shape index (κ2) is 6.53. The Bertz CT molecular complexity index is 390. The fraction of sp³-hybridized carbons (Fsp3) is 0.800. The molecule has 0 amide bonds. The quantitative estimate of drug-likeness (QED) is 0.888. The molecule has 108 valence electrons. The molecule has 0 radical (unpaired) electrons. The lowest BCUT2D eigenvalue weighted by Crippen LogP contribution is -2.56. The van der Waals surface area contributed by atoms with Crippen LogP contribution in [-0.2, 0) is 13.0 Å². The van der Waals surface area contributed by atoms with Crippen molar-refractivity contribution in [2.45, 2.75) is 59.2 Å². The van der Waals surface area contributed by atoms with Crippen molar-refractivity contribution in [3.05, 3.63) is 17.8 Å². The number of piperazine rings is 1. The number of nitrogens with zero attached hydrogens (tertiary/aromatic N) is 2. The van der Waals surface area contributed by atoms with Gasteiger partial charge in [0.25, 0.3) is 0 Å². The van der Waals surface area contributed by atoms with E-state index in [0.29, 0.717) is 18.0 Å². The van der Waals surface area contributed by atoms with Crippen LogP contribution in [0.5, 0.6) is 0 Å². The van der Waals surface area contributed by atoms with Gasteiger partial charge in [0.1, 0.15) is 5.76 Å². The number of nitrogens with one attached hydrogen (secondary N) is 1. The zero-order valence-corrected chi connectivity index (χ0v) is 12.6. The van der Waals surface area contributed by atoms with Crippen molar-refractivity contribution < 1.29 is 4.42 Å². The predicted octanol–water partition coefficient (Wildman–Crippen LogP) is 2.45. The average Bonchev–Trinajstić information content (AvgIpc) is 2.88. The van der Waals surface area contributed by atoms with Crippen LogP contribution in [0.4, 0.5) is 0 Å². The molecule has 3 unspecified atom stereocenters. The van der Waals surface area contributed by atoms with Crippen molar-refractivity contribution in [3.8, 4) is 0 Å². The number of hydrogen-bond acceptors (Lipinski definition) is 4. The van der Waals surface area contributed by atoms with Crippen LogP contribution in [-0.4, -0.2) is 35.1 Å². The molecule has 1 fully saturated rings. The Kier molecular flexibility index (Phi) is 4.99. The van der Waals surface area contributed by atoms with Crippen LogP contribution in [0.25, 0.3) is 0 Å². The molecule has 1 aliphatic rings. The van der Waals surface area contributed by atoms with Gasteiger partial charge in [0.05, 0.1) is 12.7 Å². The summed E-state index contributed by atoms with van der Waals surface area (Å²) in [6.45, 7) is 11.9. The molecule has 1 aliphatic heterocycles. The molecule has 4 nitrogen and oxygen atoms in total. The summed E-state index contributed by atoms with van der Waals surface area (Å²) in [4.78, 5) is 6.86. The van der Waals surface area contributed by atoms with Gasteiger partial charge >= 0.3 is 0 Å². The highest BCUT2D eigenvalue weighted by Gasteiger charge is 2.28. The normalized spacial score (nSPS) is 26.5. The first-order valence-electron chi connectivity index (χ1n) is 7.55. The van der Waals surface area contributed by atoms with Crippen molar-refractivity contribution in [3.63, 3.8) is 0 Å². The molecular weight excluding hydrogens is 238 g/mol. The molecule has 0 aliphatic carbocycles. The average molecular weight is 265 g/mol. The fourth-order valence-corrected chi connectivity index (χ4v) is 2.59. The maximum absolute atomic E-state index is 5.73. The van der Waals surface area contributed by atoms with Crippen LogP contribution in [0.3, 0.4) is 0 Å². The van der Waals surface area contributed by atoms with Crippen molar-refractivity contribution in [1.82, 2.24) is 15.2 Å². The molecule has 0 aromatic carbocycles. The summed E-state index contributed by atoms with van der Waals surface area (Å²) in [5, 5.41) is 3.66. The number of oxazole rings is 1. The highest BCUT2D eigenvalue weighted by molar-refractivity contribution is 4.95. The molecule has 3 atom stereocenters. The zero-order chi connectivity index (χ0) is 13.8. The van der Waals surface area contributed by atoms with Gasteiger partial charge in [0.15, 0.2) is 0 Å². The topological polar surface area (TPSA) is 41.3 Å². The van der Waals surface area contributed by atoms with Gasteiger partial charge in [-0.3, -0.25) is 4.90 Å². The molecule has 0 saturated carbocycles. The molecule has 1 aromatic heterocycles. The van der Waals surface area contributed by atoms with Crippen LogP contribution >= 0.6 is 0 Å². The van der Waals surface area contributed by atoms with Crippen molar-refractivity contribution in [2.24, 2.45) is 5.92 Å². The fourth-order valence-electron chi connectivity index (χ4n) is 2.59. The smallest absolute Gasteiger partial charge is 0.208 e. The second-order valence-electron chi connectivity index (χ2n) is 5.75. The maximum atomic E-state index is 5.73. The lowest BCUT2D eigenvalue weighted by atomic mass is 9.96. The summed E-state index contributed by atoms with van der Waals surface area (Å²) in [5.74, 6) is 2.55. The van der Waals surface area contributed by atoms with Crippen LogP contribution in [0, 0.1) is 5.92 Å². The summed E-state index contributed by atoms with van der Waals surface area (Å²) in [6, 6.07) is 1.12. The third-order valence-corrected chi connectivity index (χ3v) is 4.35. The third-order valence-electron chi connectivity index (χ3n) is 4.35. The van der Waals surface area contributed by atoms with E-state index in [-0.39, 0.29) is 0 Å². The summed E-state index contributed by atoms with van der Waals surface area (Å²) in [5.41, 5.74) is 0. The Labute approximate surface area is 116 Å². The number of rotatable bonds is 5. The van der Waals surface area contributed by atoms with Gasteiger partial charge in [-0.05, 0) is 12.8 Å². The first-order chi connectivity index (χ1) is 9.13. The van der Waals surface area contributed by atoms with Crippen molar-refractivity contribution in [1.29, 1.82) is 0 Å². The Hall–Kier alpha value is -0.870. The van der Waals surface area contributed by atoms with E-state index in [1.165, 1.54) is 6.42 Å². The lowest BCUT2D eigenvalue weighted by molar-refractivity contribution is 0.102. The van der Waals surface area contributed by atoms with Crippen molar-refractivity contribution in [2.75, 3.05) is 13.1 Å². The van der Waals surface area contributed by atoms with Gasteiger partial charge in [-0.15, -0.1) is 0 Å². The Morgan fingerprint density at radius 3 is 2.95 bits per heavy atom. The SMILES string of the molecule is CCc1cnc(CN2CC(C(C)CC)NCC2C)o1. The molecule has 1 saturated heterocycles. The van der Waals surface area contributed by atoms with Gasteiger partial charge in [-0.25, -0.2) is 4.98 Å². The predicted molar refractivity (Wildman–Crippen MR) is 77.0 cm³/mol. The van der Waals surface area contributed by atoms with Gasteiger partial charge in [-0.2, -0.15) is 0 Å². The largest absolute Gasteiger partial charge is 0.444 e. The Balaban J connectivity index is 1.97. The summed E-state index contributed by atoms with van der Waals surface area (Å²) < 4.78 is 5.73. The van der Waals surface area contributed by atoms with Crippen LogP contribution in [0.1, 0.15) is 45.8 Å². The summed E-state index contributed by atoms with van der Waals surface area (Å²) >= 11 is 0. The third kappa shape index (κ3) is 3.57. The standard InChI is InChI=1S/C15H27N3O/c1-5-11(3)14-9-18(12(4)7-16-14)10-15-17-8-13(6-2)19-15/h8,11-12,14,16H,5-7,9-10H2,1-4H3. The van der Waals surface area contributed by atoms with E-state index in [4.69, 9.17) is 4.42 Å². The van der Waals surface area contributed by atoms with Gasteiger partial charge in [0.2, 0.25) is 5.89 Å². The molecule has 19 heavy (non-hydrogen) atoms. The highest BCUT2D eigenvalue weighted by Crippen LogP contribution is 2.18. The number of hydrogen-bond donors (Lipinski definition) is 1. The van der Waals surface area contributed by atoms with E-state index < -0.39 is 0 Å². The van der Waals surface area contributed by atoms with Crippen LogP contribution in [0.15, 0.2) is 10.6 Å². The monoisotopic (exact) mass is 265 g/mol. The van der Waals surface area contributed by atoms with E-state index >= 15 is 0 Å². The number of aromatic nitrogens is 1. The van der Waals surface area contributed by atoms with Gasteiger partial charge < -0.3 is 9.73 Å². The molecule has 0 bridgehead atoms. The van der Waals surface area contributed by atoms with Gasteiger partial charge in [-0.1, -0.05) is 27.2 Å². The lowest BCUT2D eigenvalue weighted by Gasteiger charge is -2.40. The Morgan fingerprint density at radius 1 is 1.53 bits per heavy atom. The number of aryl methyl sites for hydroxylation is 1. The van der Waals surface area contributed by atoms with Gasteiger partial charge in [0, 0.05) is 31.6 Å². The molecular formula is C15H27N3O. The summed E-state index contributed by atoms with van der Waals surface area (Å²) in [6.07, 6.45) is 3.99. The van der Waals surface area contributed by atoms with E-state index in [1.54, 1.807) is 0 Å². The van der Waals surface area contributed by atoms with E-state index in [1.807, 2.05) is 6.20 Å². The highest BCUT2D eigenvalue weighted by atomic mass is 16.4. The molecule has 0 spiro atoms. The zero-order valence-electron chi connectivity index (χ0n) is 12.6. The van der Waals surface area contributed by atoms with E-state index in [0.717, 1.165) is 37.7 Å². The first-order valence-corrected chi connectivity index (χ1v) is 7.55. The summed E-state index contributed by atoms with van der Waals surface area (Å²) in [7, 11) is 0.